The van der Waals surface area contributed by atoms with Gasteiger partial charge in [0.25, 0.3) is 0 Å². The van der Waals surface area contributed by atoms with Gasteiger partial charge < -0.3 is 9.47 Å². The summed E-state index contributed by atoms with van der Waals surface area (Å²) in [4.78, 5) is 2.45. The van der Waals surface area contributed by atoms with E-state index >= 15 is 0 Å². The topological polar surface area (TPSA) is 11.4 Å². The van der Waals surface area contributed by atoms with Crippen LogP contribution in [0.5, 0.6) is 0 Å². The van der Waals surface area contributed by atoms with Crippen LogP contribution >= 0.6 is 11.9 Å². The van der Waals surface area contributed by atoms with Crippen molar-refractivity contribution in [2.24, 2.45) is 0 Å². The maximum absolute atomic E-state index is 13.8. The van der Waals surface area contributed by atoms with E-state index in [9.17, 15) is 4.39 Å². The lowest BCUT2D eigenvalue weighted by Crippen LogP contribution is -2.43. The number of aromatic nitrogens is 1. The molecule has 0 saturated carbocycles. The minimum Gasteiger partial charge on any atom is -0.369 e. The van der Waals surface area contributed by atoms with Gasteiger partial charge in [-0.3, -0.25) is 0 Å². The van der Waals surface area contributed by atoms with Crippen molar-refractivity contribution in [2.75, 3.05) is 37.3 Å². The molecule has 2 aromatic carbocycles. The van der Waals surface area contributed by atoms with Crippen LogP contribution in [0.3, 0.4) is 0 Å². The summed E-state index contributed by atoms with van der Waals surface area (Å²) < 4.78 is 18.4. The first-order valence-corrected chi connectivity index (χ1v) is 10.8. The zero-order chi connectivity index (χ0) is 19.8. The Labute approximate surface area is 170 Å². The third-order valence-corrected chi connectivity index (χ3v) is 6.37. The third-order valence-electron chi connectivity index (χ3n) is 5.48. The molecular formula is C23H26FN3S. The molecule has 0 aliphatic carbocycles. The predicted molar refractivity (Wildman–Crippen MR) is 120 cm³/mol. The van der Waals surface area contributed by atoms with Crippen LogP contribution < -0.4 is 4.90 Å². The first-order chi connectivity index (χ1) is 13.5. The number of hydrogen-bond acceptors (Lipinski definition) is 3. The summed E-state index contributed by atoms with van der Waals surface area (Å²) in [5, 5.41) is 1.18. The maximum Gasteiger partial charge on any atom is 0.126 e. The number of anilines is 1. The van der Waals surface area contributed by atoms with Crippen molar-refractivity contribution in [3.63, 3.8) is 0 Å². The number of allylic oxidation sites excluding steroid dienone is 1. The Kier molecular flexibility index (Phi) is 5.21. The van der Waals surface area contributed by atoms with Gasteiger partial charge in [0.15, 0.2) is 0 Å². The molecule has 1 aliphatic rings. The molecule has 1 fully saturated rings. The Hall–Kier alpha value is -2.24. The largest absolute Gasteiger partial charge is 0.369 e. The molecule has 0 spiro atoms. The molecule has 0 radical (unpaired) electrons. The monoisotopic (exact) mass is 395 g/mol. The number of aryl methyl sites for hydroxylation is 1. The molecule has 0 atom stereocenters. The first kappa shape index (κ1) is 19.1. The summed E-state index contributed by atoms with van der Waals surface area (Å²) in [6.45, 7) is 12.2. The van der Waals surface area contributed by atoms with Gasteiger partial charge in [0.05, 0.1) is 5.52 Å². The quantitative estimate of drug-likeness (QED) is 0.540. The van der Waals surface area contributed by atoms with E-state index in [2.05, 4.69) is 50.9 Å². The van der Waals surface area contributed by atoms with Crippen LogP contribution in [0.4, 0.5) is 10.1 Å². The molecule has 146 valence electrons. The highest BCUT2D eigenvalue weighted by Gasteiger charge is 2.18. The summed E-state index contributed by atoms with van der Waals surface area (Å²) in [5.74, 6) is -0.177. The average Bonchev–Trinajstić information content (AvgIpc) is 3.09. The van der Waals surface area contributed by atoms with Gasteiger partial charge in [-0.25, -0.2) is 8.70 Å². The number of benzene rings is 2. The molecule has 0 bridgehead atoms. The Bertz CT molecular complexity index is 1030. The lowest BCUT2D eigenvalue weighted by molar-refractivity contribution is 0.431. The molecule has 4 rings (SSSR count). The molecule has 1 aliphatic heterocycles. The van der Waals surface area contributed by atoms with Crippen LogP contribution in [0.1, 0.15) is 18.2 Å². The minimum atomic E-state index is -0.177. The fourth-order valence-electron chi connectivity index (χ4n) is 3.89. The van der Waals surface area contributed by atoms with E-state index in [1.807, 2.05) is 31.0 Å². The second-order valence-electron chi connectivity index (χ2n) is 7.42. The van der Waals surface area contributed by atoms with E-state index < -0.39 is 0 Å². The first-order valence-electron chi connectivity index (χ1n) is 9.60. The summed E-state index contributed by atoms with van der Waals surface area (Å²) in [6.07, 6.45) is 2.14. The average molecular weight is 396 g/mol. The van der Waals surface area contributed by atoms with Gasteiger partial charge in [0, 0.05) is 48.6 Å². The van der Waals surface area contributed by atoms with Gasteiger partial charge in [-0.2, -0.15) is 0 Å². The van der Waals surface area contributed by atoms with Gasteiger partial charge in [0.2, 0.25) is 0 Å². The van der Waals surface area contributed by atoms with Gasteiger partial charge in [-0.15, -0.1) is 0 Å². The molecule has 3 aromatic rings. The lowest BCUT2D eigenvalue weighted by Gasteiger charge is -2.34. The highest BCUT2D eigenvalue weighted by molar-refractivity contribution is 7.96. The lowest BCUT2D eigenvalue weighted by atomic mass is 10.2. The van der Waals surface area contributed by atoms with E-state index in [1.165, 1.54) is 17.1 Å². The zero-order valence-electron chi connectivity index (χ0n) is 16.7. The van der Waals surface area contributed by atoms with Crippen molar-refractivity contribution in [1.29, 1.82) is 0 Å². The molecule has 5 heteroatoms. The maximum atomic E-state index is 13.8. The Morgan fingerprint density at radius 3 is 2.36 bits per heavy atom. The standard InChI is InChI=1S/C23H26FN3S/c1-16(2)23-15-18-14-19(25-9-11-26(28-4)12-10-25)6-8-22(18)27(23)20-5-7-21(24)17(3)13-20/h5-8,13-15H,1,9-12H2,2-4H3. The highest BCUT2D eigenvalue weighted by Crippen LogP contribution is 2.32. The molecule has 1 saturated heterocycles. The fourth-order valence-corrected chi connectivity index (χ4v) is 4.42. The Morgan fingerprint density at radius 2 is 1.71 bits per heavy atom. The van der Waals surface area contributed by atoms with Crippen molar-refractivity contribution >= 4 is 34.1 Å². The normalized spacial score (nSPS) is 15.4. The van der Waals surface area contributed by atoms with Gasteiger partial charge in [-0.05, 0) is 73.7 Å². The number of hydrogen-bond donors (Lipinski definition) is 0. The van der Waals surface area contributed by atoms with Crippen LogP contribution in [0.15, 0.2) is 49.0 Å². The Morgan fingerprint density at radius 1 is 1.00 bits per heavy atom. The van der Waals surface area contributed by atoms with E-state index in [4.69, 9.17) is 0 Å². The molecular weight excluding hydrogens is 369 g/mol. The molecule has 0 N–H and O–H groups in total. The van der Waals surface area contributed by atoms with E-state index in [1.54, 1.807) is 6.92 Å². The fraction of sp³-hybridized carbons (Fsp3) is 0.304. The van der Waals surface area contributed by atoms with Crippen molar-refractivity contribution in [3.05, 3.63) is 66.1 Å². The van der Waals surface area contributed by atoms with Crippen molar-refractivity contribution in [1.82, 2.24) is 8.87 Å². The molecule has 3 nitrogen and oxygen atoms in total. The number of nitrogens with zero attached hydrogens (tertiary/aromatic N) is 3. The zero-order valence-corrected chi connectivity index (χ0v) is 17.5. The number of piperazine rings is 1. The third kappa shape index (κ3) is 3.45. The number of fused-ring (bicyclic) bond motifs is 1. The van der Waals surface area contributed by atoms with Crippen LogP contribution in [-0.2, 0) is 0 Å². The molecule has 1 aromatic heterocycles. The van der Waals surface area contributed by atoms with Crippen molar-refractivity contribution in [2.45, 2.75) is 13.8 Å². The van der Waals surface area contributed by atoms with Gasteiger partial charge >= 0.3 is 0 Å². The van der Waals surface area contributed by atoms with Crippen molar-refractivity contribution in [3.8, 4) is 5.69 Å². The van der Waals surface area contributed by atoms with Gasteiger partial charge in [-0.1, -0.05) is 18.5 Å². The van der Waals surface area contributed by atoms with E-state index in [0.29, 0.717) is 5.56 Å². The molecule has 28 heavy (non-hydrogen) atoms. The molecule has 0 amide bonds. The number of halogens is 1. The summed E-state index contributed by atoms with van der Waals surface area (Å²) in [7, 11) is 0. The van der Waals surface area contributed by atoms with Crippen LogP contribution in [0.25, 0.3) is 22.2 Å². The van der Waals surface area contributed by atoms with Gasteiger partial charge in [0.1, 0.15) is 5.82 Å². The van der Waals surface area contributed by atoms with Crippen LogP contribution in [0, 0.1) is 12.7 Å². The summed E-state index contributed by atoms with van der Waals surface area (Å²) in [6, 6.07) is 14.1. The SMILES string of the molecule is C=C(C)c1cc2cc(N3CCN(SC)CC3)ccc2n1-c1ccc(F)c(C)c1. The number of rotatable bonds is 4. The summed E-state index contributed by atoms with van der Waals surface area (Å²) >= 11 is 1.82. The smallest absolute Gasteiger partial charge is 0.126 e. The Balaban J connectivity index is 1.77. The highest BCUT2D eigenvalue weighted by atomic mass is 32.2. The predicted octanol–water partition coefficient (Wildman–Crippen LogP) is 5.51. The minimum absolute atomic E-state index is 0.177. The molecule has 2 heterocycles. The molecule has 0 unspecified atom stereocenters. The van der Waals surface area contributed by atoms with Crippen LogP contribution in [-0.4, -0.2) is 41.3 Å². The van der Waals surface area contributed by atoms with Crippen molar-refractivity contribution < 1.29 is 4.39 Å². The second-order valence-corrected chi connectivity index (χ2v) is 8.30. The van der Waals surface area contributed by atoms with E-state index in [-0.39, 0.29) is 5.82 Å². The van der Waals surface area contributed by atoms with E-state index in [0.717, 1.165) is 48.7 Å². The summed E-state index contributed by atoms with van der Waals surface area (Å²) in [5.41, 5.74) is 6.05. The second kappa shape index (κ2) is 7.64. The van der Waals surface area contributed by atoms with Crippen LogP contribution in [0.2, 0.25) is 0 Å².